The second-order valence-corrected chi connectivity index (χ2v) is 4.26. The minimum Gasteiger partial charge on any atom is -0.318 e. The predicted molar refractivity (Wildman–Crippen MR) is 63.5 cm³/mol. The molecule has 1 unspecified atom stereocenters. The molecule has 0 fully saturated rings. The van der Waals surface area contributed by atoms with Gasteiger partial charge < -0.3 is 5.73 Å². The van der Waals surface area contributed by atoms with Gasteiger partial charge in [0, 0.05) is 19.4 Å². The molecule has 0 radical (unpaired) electrons. The van der Waals surface area contributed by atoms with Crippen molar-refractivity contribution in [3.8, 4) is 0 Å². The number of hydrogen-bond acceptors (Lipinski definition) is 3. The summed E-state index contributed by atoms with van der Waals surface area (Å²) in [5.41, 5.74) is 7.31. The Hall–Kier alpha value is -1.10. The highest BCUT2D eigenvalue weighted by molar-refractivity contribution is 6.34. The van der Waals surface area contributed by atoms with E-state index in [1.165, 1.54) is 6.20 Å². The fourth-order valence-corrected chi connectivity index (χ4v) is 1.89. The lowest BCUT2D eigenvalue weighted by atomic mass is 10.1. The minimum atomic E-state index is -0.439. The zero-order valence-electron chi connectivity index (χ0n) is 8.56. The molecule has 0 aliphatic heterocycles. The molecule has 0 spiro atoms. The van der Waals surface area contributed by atoms with Crippen LogP contribution in [-0.4, -0.2) is 14.8 Å². The number of pyridine rings is 1. The van der Waals surface area contributed by atoms with Gasteiger partial charge in [0.1, 0.15) is 0 Å². The van der Waals surface area contributed by atoms with E-state index in [2.05, 4.69) is 10.1 Å². The van der Waals surface area contributed by atoms with Gasteiger partial charge in [0.2, 0.25) is 0 Å². The van der Waals surface area contributed by atoms with Gasteiger partial charge in [-0.2, -0.15) is 5.10 Å². The highest BCUT2D eigenvalue weighted by Gasteiger charge is 2.16. The molecule has 0 aliphatic rings. The normalized spacial score (nSPS) is 12.8. The van der Waals surface area contributed by atoms with Crippen molar-refractivity contribution < 1.29 is 0 Å². The molecule has 6 heteroatoms. The van der Waals surface area contributed by atoms with Crippen LogP contribution in [0.4, 0.5) is 0 Å². The van der Waals surface area contributed by atoms with Gasteiger partial charge in [0.15, 0.2) is 0 Å². The van der Waals surface area contributed by atoms with E-state index in [-0.39, 0.29) is 0 Å². The summed E-state index contributed by atoms with van der Waals surface area (Å²) in [6.07, 6.45) is 3.34. The standard InChI is InChI=1S/C10H10Cl2N4/c1-16-3-2-8(15-16)9(13)10-7(12)4-6(11)5-14-10/h2-5,9H,13H2,1H3. The maximum Gasteiger partial charge on any atom is 0.0933 e. The van der Waals surface area contributed by atoms with E-state index in [4.69, 9.17) is 28.9 Å². The summed E-state index contributed by atoms with van der Waals surface area (Å²) in [6.45, 7) is 0. The SMILES string of the molecule is Cn1ccc(C(N)c2ncc(Cl)cc2Cl)n1. The van der Waals surface area contributed by atoms with Crippen LogP contribution in [0, 0.1) is 0 Å². The minimum absolute atomic E-state index is 0.439. The first-order valence-corrected chi connectivity index (χ1v) is 5.39. The lowest BCUT2D eigenvalue weighted by molar-refractivity contribution is 0.707. The first kappa shape index (κ1) is 11.4. The fraction of sp³-hybridized carbons (Fsp3) is 0.200. The third-order valence-corrected chi connectivity index (χ3v) is 2.69. The van der Waals surface area contributed by atoms with Crippen LogP contribution in [0.15, 0.2) is 24.5 Å². The monoisotopic (exact) mass is 256 g/mol. The number of nitrogens with two attached hydrogens (primary N) is 1. The van der Waals surface area contributed by atoms with Crippen LogP contribution in [0.25, 0.3) is 0 Å². The van der Waals surface area contributed by atoms with E-state index in [0.717, 1.165) is 5.69 Å². The maximum atomic E-state index is 6.02. The van der Waals surface area contributed by atoms with E-state index in [1.807, 2.05) is 19.3 Å². The summed E-state index contributed by atoms with van der Waals surface area (Å²) in [4.78, 5) is 4.13. The Morgan fingerprint density at radius 1 is 1.44 bits per heavy atom. The van der Waals surface area contributed by atoms with Crippen molar-refractivity contribution in [2.75, 3.05) is 0 Å². The molecule has 0 saturated heterocycles. The summed E-state index contributed by atoms with van der Waals surface area (Å²) in [5.74, 6) is 0. The van der Waals surface area contributed by atoms with Gasteiger partial charge in [-0.25, -0.2) is 0 Å². The summed E-state index contributed by atoms with van der Waals surface area (Å²) in [6, 6.07) is 3.01. The predicted octanol–water partition coefficient (Wildman–Crippen LogP) is 2.17. The molecular formula is C10H10Cl2N4. The van der Waals surface area contributed by atoms with Gasteiger partial charge >= 0.3 is 0 Å². The Labute approximate surface area is 103 Å². The quantitative estimate of drug-likeness (QED) is 0.896. The second kappa shape index (κ2) is 4.41. The number of aryl methyl sites for hydroxylation is 1. The van der Waals surface area contributed by atoms with Crippen molar-refractivity contribution in [1.29, 1.82) is 0 Å². The van der Waals surface area contributed by atoms with Crippen LogP contribution in [-0.2, 0) is 7.05 Å². The van der Waals surface area contributed by atoms with E-state index in [1.54, 1.807) is 10.7 Å². The van der Waals surface area contributed by atoms with Crippen LogP contribution in [0.3, 0.4) is 0 Å². The number of rotatable bonds is 2. The number of aromatic nitrogens is 3. The van der Waals surface area contributed by atoms with Crippen molar-refractivity contribution in [2.24, 2.45) is 12.8 Å². The third kappa shape index (κ3) is 2.19. The van der Waals surface area contributed by atoms with Gasteiger partial charge in [-0.1, -0.05) is 23.2 Å². The zero-order valence-corrected chi connectivity index (χ0v) is 10.1. The molecule has 4 nitrogen and oxygen atoms in total. The Balaban J connectivity index is 2.37. The molecule has 2 rings (SSSR count). The van der Waals surface area contributed by atoms with Crippen LogP contribution >= 0.6 is 23.2 Å². The number of nitrogens with zero attached hydrogens (tertiary/aromatic N) is 3. The summed E-state index contributed by atoms with van der Waals surface area (Å²) in [5, 5.41) is 5.15. The van der Waals surface area contributed by atoms with Gasteiger partial charge in [-0.05, 0) is 12.1 Å². The average molecular weight is 257 g/mol. The van der Waals surface area contributed by atoms with Crippen LogP contribution in [0.1, 0.15) is 17.4 Å². The molecule has 0 bridgehead atoms. The molecule has 84 valence electrons. The Morgan fingerprint density at radius 3 is 2.75 bits per heavy atom. The molecule has 2 heterocycles. The topological polar surface area (TPSA) is 56.7 Å². The maximum absolute atomic E-state index is 6.02. The first-order chi connectivity index (χ1) is 7.58. The smallest absolute Gasteiger partial charge is 0.0933 e. The van der Waals surface area contributed by atoms with E-state index in [0.29, 0.717) is 15.7 Å². The fourth-order valence-electron chi connectivity index (χ4n) is 1.39. The summed E-state index contributed by atoms with van der Waals surface area (Å²) >= 11 is 11.8. The van der Waals surface area contributed by atoms with Gasteiger partial charge in [-0.3, -0.25) is 9.67 Å². The summed E-state index contributed by atoms with van der Waals surface area (Å²) < 4.78 is 1.68. The molecule has 0 amide bonds. The van der Waals surface area contributed by atoms with Gasteiger partial charge in [0.05, 0.1) is 27.5 Å². The second-order valence-electron chi connectivity index (χ2n) is 3.41. The molecule has 0 aromatic carbocycles. The van der Waals surface area contributed by atoms with Crippen LogP contribution in [0.5, 0.6) is 0 Å². The van der Waals surface area contributed by atoms with E-state index < -0.39 is 6.04 Å². The van der Waals surface area contributed by atoms with E-state index in [9.17, 15) is 0 Å². The molecular weight excluding hydrogens is 247 g/mol. The van der Waals surface area contributed by atoms with Gasteiger partial charge in [0.25, 0.3) is 0 Å². The Kier molecular flexibility index (Phi) is 3.14. The lowest BCUT2D eigenvalue weighted by Crippen LogP contribution is -2.15. The van der Waals surface area contributed by atoms with Gasteiger partial charge in [-0.15, -0.1) is 0 Å². The molecule has 2 aromatic rings. The van der Waals surface area contributed by atoms with Crippen LogP contribution < -0.4 is 5.73 Å². The molecule has 0 saturated carbocycles. The Morgan fingerprint density at radius 2 is 2.19 bits per heavy atom. The highest BCUT2D eigenvalue weighted by Crippen LogP contribution is 2.25. The largest absolute Gasteiger partial charge is 0.318 e. The molecule has 1 atom stereocenters. The van der Waals surface area contributed by atoms with Crippen molar-refractivity contribution in [3.63, 3.8) is 0 Å². The number of halogens is 2. The van der Waals surface area contributed by atoms with Crippen molar-refractivity contribution in [1.82, 2.24) is 14.8 Å². The molecule has 16 heavy (non-hydrogen) atoms. The Bertz CT molecular complexity index is 509. The van der Waals surface area contributed by atoms with Crippen molar-refractivity contribution in [2.45, 2.75) is 6.04 Å². The van der Waals surface area contributed by atoms with Crippen molar-refractivity contribution >= 4 is 23.2 Å². The summed E-state index contributed by atoms with van der Waals surface area (Å²) in [7, 11) is 1.83. The number of hydrogen-bond donors (Lipinski definition) is 1. The third-order valence-electron chi connectivity index (χ3n) is 2.18. The molecule has 0 aliphatic carbocycles. The lowest BCUT2D eigenvalue weighted by Gasteiger charge is -2.10. The van der Waals surface area contributed by atoms with Crippen LogP contribution in [0.2, 0.25) is 10.0 Å². The zero-order chi connectivity index (χ0) is 11.7. The average Bonchev–Trinajstić information content (AvgIpc) is 2.64. The van der Waals surface area contributed by atoms with Crippen molar-refractivity contribution in [3.05, 3.63) is 46.0 Å². The first-order valence-electron chi connectivity index (χ1n) is 4.64. The highest BCUT2D eigenvalue weighted by atomic mass is 35.5. The van der Waals surface area contributed by atoms with E-state index >= 15 is 0 Å². The molecule has 2 aromatic heterocycles. The molecule has 2 N–H and O–H groups in total.